The molecule has 2 heterocycles. The Hall–Kier alpha value is -2.67. The van der Waals surface area contributed by atoms with E-state index < -0.39 is 0 Å². The van der Waals surface area contributed by atoms with Crippen LogP contribution in [-0.4, -0.2) is 37.8 Å². The van der Waals surface area contributed by atoms with E-state index in [1.807, 2.05) is 49.1 Å². The van der Waals surface area contributed by atoms with Crippen LogP contribution >= 0.6 is 11.8 Å². The highest BCUT2D eigenvalue weighted by molar-refractivity contribution is 8.00. The number of thioether (sulfide) groups is 1. The van der Waals surface area contributed by atoms with Gasteiger partial charge >= 0.3 is 0 Å². The highest BCUT2D eigenvalue weighted by Crippen LogP contribution is 2.27. The van der Waals surface area contributed by atoms with E-state index in [-0.39, 0.29) is 11.2 Å². The molecule has 0 aliphatic carbocycles. The number of hydrogen-bond acceptors (Lipinski definition) is 6. The second kappa shape index (κ2) is 8.62. The zero-order chi connectivity index (χ0) is 18.4. The first-order valence-electron chi connectivity index (χ1n) is 8.40. The fourth-order valence-corrected chi connectivity index (χ4v) is 3.24. The molecule has 134 valence electrons. The topological polar surface area (TPSA) is 72.1 Å². The molecule has 1 amide bonds. The Kier molecular flexibility index (Phi) is 6.01. The Bertz CT molecular complexity index is 839. The lowest BCUT2D eigenvalue weighted by Gasteiger charge is -2.23. The van der Waals surface area contributed by atoms with E-state index in [2.05, 4.69) is 15.2 Å². The highest BCUT2D eigenvalue weighted by Gasteiger charge is 2.23. The number of hydrogen-bond donors (Lipinski definition) is 0. The molecule has 1 aromatic carbocycles. The number of benzene rings is 1. The summed E-state index contributed by atoms with van der Waals surface area (Å²) in [6.45, 7) is 5.07. The number of nitrogens with zero attached hydrogens (tertiary/aromatic N) is 4. The number of rotatable bonds is 7. The summed E-state index contributed by atoms with van der Waals surface area (Å²) in [5, 5.41) is 8.15. The van der Waals surface area contributed by atoms with Crippen LogP contribution in [0.1, 0.15) is 19.4 Å². The molecule has 0 fully saturated rings. The molecule has 3 rings (SSSR count). The van der Waals surface area contributed by atoms with Gasteiger partial charge in [-0.3, -0.25) is 9.78 Å². The summed E-state index contributed by atoms with van der Waals surface area (Å²) in [6, 6.07) is 13.6. The first-order valence-corrected chi connectivity index (χ1v) is 9.28. The molecule has 0 aliphatic rings. The van der Waals surface area contributed by atoms with Crippen molar-refractivity contribution in [2.75, 3.05) is 6.54 Å². The van der Waals surface area contributed by atoms with Crippen molar-refractivity contribution in [3.8, 4) is 11.5 Å². The van der Waals surface area contributed by atoms with E-state index in [1.165, 1.54) is 11.8 Å². The molecule has 2 aromatic heterocycles. The molecule has 26 heavy (non-hydrogen) atoms. The Labute approximate surface area is 156 Å². The quantitative estimate of drug-likeness (QED) is 0.593. The Morgan fingerprint density at radius 2 is 1.88 bits per heavy atom. The minimum absolute atomic E-state index is 0.0463. The van der Waals surface area contributed by atoms with Gasteiger partial charge in [0, 0.05) is 31.0 Å². The molecule has 0 saturated carbocycles. The fourth-order valence-electron chi connectivity index (χ4n) is 2.48. The number of aromatic nitrogens is 3. The van der Waals surface area contributed by atoms with Crippen molar-refractivity contribution in [2.45, 2.75) is 30.9 Å². The predicted molar refractivity (Wildman–Crippen MR) is 100 cm³/mol. The average Bonchev–Trinajstić information content (AvgIpc) is 3.15. The van der Waals surface area contributed by atoms with Gasteiger partial charge < -0.3 is 9.32 Å². The van der Waals surface area contributed by atoms with Crippen LogP contribution in [0.2, 0.25) is 0 Å². The fraction of sp³-hybridized carbons (Fsp3) is 0.263. The van der Waals surface area contributed by atoms with Gasteiger partial charge in [-0.15, -0.1) is 10.2 Å². The van der Waals surface area contributed by atoms with E-state index in [1.54, 1.807) is 24.5 Å². The van der Waals surface area contributed by atoms with Gasteiger partial charge in [-0.2, -0.15) is 0 Å². The lowest BCUT2D eigenvalue weighted by molar-refractivity contribution is -0.130. The van der Waals surface area contributed by atoms with Crippen molar-refractivity contribution >= 4 is 17.7 Å². The van der Waals surface area contributed by atoms with Crippen LogP contribution in [-0.2, 0) is 11.3 Å². The molecular formula is C19H20N4O2S. The lowest BCUT2D eigenvalue weighted by Crippen LogP contribution is -2.35. The van der Waals surface area contributed by atoms with Gasteiger partial charge in [0.25, 0.3) is 5.22 Å². The molecule has 0 radical (unpaired) electrons. The van der Waals surface area contributed by atoms with Gasteiger partial charge in [-0.25, -0.2) is 0 Å². The van der Waals surface area contributed by atoms with Crippen molar-refractivity contribution in [3.63, 3.8) is 0 Å². The maximum atomic E-state index is 12.8. The maximum Gasteiger partial charge on any atom is 0.277 e. The van der Waals surface area contributed by atoms with E-state index in [0.29, 0.717) is 24.2 Å². The van der Waals surface area contributed by atoms with Crippen LogP contribution in [0.4, 0.5) is 0 Å². The third kappa shape index (κ3) is 4.49. The summed E-state index contributed by atoms with van der Waals surface area (Å²) in [7, 11) is 0. The van der Waals surface area contributed by atoms with E-state index in [4.69, 9.17) is 4.42 Å². The van der Waals surface area contributed by atoms with Gasteiger partial charge in [0.15, 0.2) is 0 Å². The molecule has 0 N–H and O–H groups in total. The van der Waals surface area contributed by atoms with Crippen molar-refractivity contribution in [1.29, 1.82) is 0 Å². The van der Waals surface area contributed by atoms with E-state index in [0.717, 1.165) is 11.1 Å². The molecule has 6 nitrogen and oxygen atoms in total. The predicted octanol–water partition coefficient (Wildman–Crippen LogP) is 3.66. The SMILES string of the molecule is CCN(Cc1ccccc1)C(=O)C(C)Sc1nnc(-c2ccncc2)o1. The van der Waals surface area contributed by atoms with Gasteiger partial charge in [-0.05, 0) is 31.5 Å². The summed E-state index contributed by atoms with van der Waals surface area (Å²) >= 11 is 1.27. The number of carbonyl (C=O) groups is 1. The monoisotopic (exact) mass is 368 g/mol. The van der Waals surface area contributed by atoms with Crippen molar-refractivity contribution in [2.24, 2.45) is 0 Å². The summed E-state index contributed by atoms with van der Waals surface area (Å²) in [5.74, 6) is 0.469. The maximum absolute atomic E-state index is 12.8. The van der Waals surface area contributed by atoms with Crippen LogP contribution in [0.3, 0.4) is 0 Å². The lowest BCUT2D eigenvalue weighted by atomic mass is 10.2. The van der Waals surface area contributed by atoms with Crippen LogP contribution < -0.4 is 0 Å². The second-order valence-electron chi connectivity index (χ2n) is 5.71. The summed E-state index contributed by atoms with van der Waals surface area (Å²) < 4.78 is 5.66. The standard InChI is InChI=1S/C19H20N4O2S/c1-3-23(13-15-7-5-4-6-8-15)18(24)14(2)26-19-22-21-17(25-19)16-9-11-20-12-10-16/h4-12,14H,3,13H2,1-2H3. The molecule has 3 aromatic rings. The molecule has 0 bridgehead atoms. The Balaban J connectivity index is 1.64. The number of pyridine rings is 1. The third-order valence-electron chi connectivity index (χ3n) is 3.87. The van der Waals surface area contributed by atoms with Crippen LogP contribution in [0, 0.1) is 0 Å². The van der Waals surface area contributed by atoms with Gasteiger partial charge in [0.1, 0.15) is 0 Å². The number of amides is 1. The highest BCUT2D eigenvalue weighted by atomic mass is 32.2. The summed E-state index contributed by atoms with van der Waals surface area (Å²) in [4.78, 5) is 18.6. The van der Waals surface area contributed by atoms with Crippen molar-refractivity contribution < 1.29 is 9.21 Å². The molecule has 1 unspecified atom stereocenters. The van der Waals surface area contributed by atoms with Crippen LogP contribution in [0.5, 0.6) is 0 Å². The molecule has 1 atom stereocenters. The van der Waals surface area contributed by atoms with Gasteiger partial charge in [-0.1, -0.05) is 42.1 Å². The minimum Gasteiger partial charge on any atom is -0.411 e. The minimum atomic E-state index is -0.315. The molecule has 0 spiro atoms. The van der Waals surface area contributed by atoms with Crippen LogP contribution in [0.25, 0.3) is 11.5 Å². The smallest absolute Gasteiger partial charge is 0.277 e. The van der Waals surface area contributed by atoms with Crippen molar-refractivity contribution in [1.82, 2.24) is 20.1 Å². The van der Waals surface area contributed by atoms with E-state index >= 15 is 0 Å². The second-order valence-corrected chi connectivity index (χ2v) is 7.00. The van der Waals surface area contributed by atoms with E-state index in [9.17, 15) is 4.79 Å². The molecular weight excluding hydrogens is 348 g/mol. The Morgan fingerprint density at radius 3 is 2.58 bits per heavy atom. The third-order valence-corrected chi connectivity index (χ3v) is 4.79. The summed E-state index contributed by atoms with van der Waals surface area (Å²) in [5.41, 5.74) is 1.91. The zero-order valence-electron chi connectivity index (χ0n) is 14.7. The zero-order valence-corrected chi connectivity index (χ0v) is 15.5. The van der Waals surface area contributed by atoms with Gasteiger partial charge in [0.05, 0.1) is 5.25 Å². The van der Waals surface area contributed by atoms with Gasteiger partial charge in [0.2, 0.25) is 11.8 Å². The largest absolute Gasteiger partial charge is 0.411 e. The normalized spacial score (nSPS) is 11.9. The molecule has 7 heteroatoms. The summed E-state index contributed by atoms with van der Waals surface area (Å²) in [6.07, 6.45) is 3.34. The van der Waals surface area contributed by atoms with Crippen LogP contribution in [0.15, 0.2) is 64.5 Å². The average molecular weight is 368 g/mol. The molecule has 0 saturated heterocycles. The molecule has 0 aliphatic heterocycles. The first-order chi connectivity index (χ1) is 12.7. The first kappa shape index (κ1) is 18.1. The van der Waals surface area contributed by atoms with Crippen molar-refractivity contribution in [3.05, 3.63) is 60.4 Å². The number of carbonyl (C=O) groups excluding carboxylic acids is 1. The Morgan fingerprint density at radius 1 is 1.15 bits per heavy atom.